The number of hydrogen-bond donors (Lipinski definition) is 1. The maximum Gasteiger partial charge on any atom is 0.0592 e. The molecule has 94 valence electrons. The topological polar surface area (TPSA) is 24.9 Å². The maximum absolute atomic E-state index is 4.25. The van der Waals surface area contributed by atoms with E-state index < -0.39 is 0 Å². The summed E-state index contributed by atoms with van der Waals surface area (Å²) in [5.41, 5.74) is 3.73. The van der Waals surface area contributed by atoms with Crippen molar-refractivity contribution >= 4 is 15.9 Å². The molecule has 0 radical (unpaired) electrons. The van der Waals surface area contributed by atoms with Gasteiger partial charge in [-0.1, -0.05) is 36.8 Å². The van der Waals surface area contributed by atoms with Gasteiger partial charge in [-0.3, -0.25) is 4.98 Å². The average molecular weight is 305 g/mol. The summed E-state index contributed by atoms with van der Waals surface area (Å²) in [7, 11) is 0. The van der Waals surface area contributed by atoms with Crippen LogP contribution in [0.3, 0.4) is 0 Å². The molecule has 0 fully saturated rings. The van der Waals surface area contributed by atoms with Gasteiger partial charge in [0, 0.05) is 16.9 Å². The van der Waals surface area contributed by atoms with Crippen LogP contribution in [-0.4, -0.2) is 11.5 Å². The van der Waals surface area contributed by atoms with Gasteiger partial charge in [-0.15, -0.1) is 0 Å². The molecule has 0 saturated carbocycles. The smallest absolute Gasteiger partial charge is 0.0592 e. The highest BCUT2D eigenvalue weighted by Gasteiger charge is 2.13. The molecule has 1 heterocycles. The second kappa shape index (κ2) is 6.12. The number of halogens is 1. The molecule has 2 aromatic rings. The molecule has 18 heavy (non-hydrogen) atoms. The molecular weight excluding hydrogens is 288 g/mol. The van der Waals surface area contributed by atoms with Gasteiger partial charge in [-0.05, 0) is 46.6 Å². The maximum atomic E-state index is 4.25. The Bertz CT molecular complexity index is 480. The lowest BCUT2D eigenvalue weighted by molar-refractivity contribution is 0.628. The van der Waals surface area contributed by atoms with Gasteiger partial charge < -0.3 is 5.32 Å². The van der Waals surface area contributed by atoms with Gasteiger partial charge in [0.25, 0.3) is 0 Å². The molecule has 1 atom stereocenters. The minimum absolute atomic E-state index is 0.194. The van der Waals surface area contributed by atoms with Crippen LogP contribution in [-0.2, 0) is 0 Å². The quantitative estimate of drug-likeness (QED) is 0.928. The summed E-state index contributed by atoms with van der Waals surface area (Å²) in [5.74, 6) is 0. The predicted octanol–water partition coefficient (Wildman–Crippen LogP) is 3.85. The van der Waals surface area contributed by atoms with Crippen LogP contribution in [0, 0.1) is 6.92 Å². The Kier molecular flexibility index (Phi) is 4.50. The van der Waals surface area contributed by atoms with Gasteiger partial charge in [-0.2, -0.15) is 0 Å². The fourth-order valence-electron chi connectivity index (χ4n) is 2.07. The molecular formula is C15H17BrN2. The van der Waals surface area contributed by atoms with E-state index in [1.807, 2.05) is 12.4 Å². The minimum Gasteiger partial charge on any atom is -0.306 e. The Balaban J connectivity index is 2.39. The Morgan fingerprint density at radius 3 is 2.72 bits per heavy atom. The van der Waals surface area contributed by atoms with Crippen molar-refractivity contribution in [1.82, 2.24) is 10.3 Å². The molecule has 3 heteroatoms. The Morgan fingerprint density at radius 1 is 1.22 bits per heavy atom. The molecule has 0 amide bonds. The highest BCUT2D eigenvalue weighted by atomic mass is 79.9. The zero-order valence-corrected chi connectivity index (χ0v) is 12.2. The molecule has 1 unspecified atom stereocenters. The van der Waals surface area contributed by atoms with Crippen molar-refractivity contribution < 1.29 is 0 Å². The summed E-state index contributed by atoms with van der Waals surface area (Å²) in [4.78, 5) is 4.25. The Hall–Kier alpha value is -1.19. The van der Waals surface area contributed by atoms with Gasteiger partial charge in [-0.25, -0.2) is 0 Å². The van der Waals surface area contributed by atoms with Crippen molar-refractivity contribution in [2.24, 2.45) is 0 Å². The van der Waals surface area contributed by atoms with E-state index in [4.69, 9.17) is 0 Å². The summed E-state index contributed by atoms with van der Waals surface area (Å²) in [6, 6.07) is 10.9. The minimum atomic E-state index is 0.194. The number of nitrogens with zero attached hydrogens (tertiary/aromatic N) is 1. The van der Waals surface area contributed by atoms with Crippen LogP contribution in [0.25, 0.3) is 0 Å². The van der Waals surface area contributed by atoms with Crippen molar-refractivity contribution in [3.8, 4) is 0 Å². The third-order valence-electron chi connectivity index (χ3n) is 2.84. The van der Waals surface area contributed by atoms with E-state index in [-0.39, 0.29) is 6.04 Å². The molecule has 0 aliphatic carbocycles. The van der Waals surface area contributed by atoms with E-state index in [1.54, 1.807) is 0 Å². The van der Waals surface area contributed by atoms with Crippen LogP contribution in [0.15, 0.2) is 47.2 Å². The first-order chi connectivity index (χ1) is 8.70. The largest absolute Gasteiger partial charge is 0.306 e. The SMILES string of the molecule is CCNC(c1cccc(C)c1)c1cncc(Br)c1. The fraction of sp³-hybridized carbons (Fsp3) is 0.267. The number of rotatable bonds is 4. The highest BCUT2D eigenvalue weighted by Crippen LogP contribution is 2.24. The number of aromatic nitrogens is 1. The molecule has 1 aromatic carbocycles. The second-order valence-electron chi connectivity index (χ2n) is 4.34. The molecule has 0 bridgehead atoms. The summed E-state index contributed by atoms with van der Waals surface area (Å²) >= 11 is 3.48. The van der Waals surface area contributed by atoms with Crippen LogP contribution in [0.1, 0.15) is 29.7 Å². The molecule has 0 saturated heterocycles. The first kappa shape index (κ1) is 13.2. The first-order valence-electron chi connectivity index (χ1n) is 6.11. The number of aryl methyl sites for hydroxylation is 1. The molecule has 1 aromatic heterocycles. The molecule has 0 aliphatic rings. The molecule has 0 aliphatic heterocycles. The summed E-state index contributed by atoms with van der Waals surface area (Å²) in [6.45, 7) is 5.16. The van der Waals surface area contributed by atoms with E-state index in [2.05, 4.69) is 70.4 Å². The molecule has 2 nitrogen and oxygen atoms in total. The monoisotopic (exact) mass is 304 g/mol. The Labute approximate surface area is 117 Å². The Morgan fingerprint density at radius 2 is 2.06 bits per heavy atom. The lowest BCUT2D eigenvalue weighted by Gasteiger charge is -2.19. The zero-order chi connectivity index (χ0) is 13.0. The molecule has 0 spiro atoms. The summed E-state index contributed by atoms with van der Waals surface area (Å²) in [6.07, 6.45) is 3.73. The van der Waals surface area contributed by atoms with Crippen molar-refractivity contribution in [3.05, 3.63) is 63.9 Å². The third-order valence-corrected chi connectivity index (χ3v) is 3.28. The van der Waals surface area contributed by atoms with Gasteiger partial charge in [0.05, 0.1) is 6.04 Å². The third kappa shape index (κ3) is 3.18. The standard InChI is InChI=1S/C15H17BrN2/c1-3-18-15(12-6-4-5-11(2)7-12)13-8-14(16)10-17-9-13/h4-10,15,18H,3H2,1-2H3. The van der Waals surface area contributed by atoms with Crippen molar-refractivity contribution in [3.63, 3.8) is 0 Å². The summed E-state index contributed by atoms with van der Waals surface area (Å²) < 4.78 is 1.01. The van der Waals surface area contributed by atoms with E-state index in [9.17, 15) is 0 Å². The first-order valence-corrected chi connectivity index (χ1v) is 6.90. The van der Waals surface area contributed by atoms with Crippen molar-refractivity contribution in [2.75, 3.05) is 6.54 Å². The van der Waals surface area contributed by atoms with Gasteiger partial charge in [0.2, 0.25) is 0 Å². The van der Waals surface area contributed by atoms with Crippen LogP contribution >= 0.6 is 15.9 Å². The number of nitrogens with one attached hydrogen (secondary N) is 1. The second-order valence-corrected chi connectivity index (χ2v) is 5.26. The fourth-order valence-corrected chi connectivity index (χ4v) is 2.45. The summed E-state index contributed by atoms with van der Waals surface area (Å²) in [5, 5.41) is 3.51. The van der Waals surface area contributed by atoms with Crippen LogP contribution in [0.5, 0.6) is 0 Å². The van der Waals surface area contributed by atoms with Crippen molar-refractivity contribution in [2.45, 2.75) is 19.9 Å². The van der Waals surface area contributed by atoms with Gasteiger partial charge in [0.1, 0.15) is 0 Å². The van der Waals surface area contributed by atoms with Crippen molar-refractivity contribution in [1.29, 1.82) is 0 Å². The van der Waals surface area contributed by atoms with Crippen LogP contribution in [0.4, 0.5) is 0 Å². The van der Waals surface area contributed by atoms with Crippen LogP contribution < -0.4 is 5.32 Å². The normalized spacial score (nSPS) is 12.4. The van der Waals surface area contributed by atoms with Gasteiger partial charge in [0.15, 0.2) is 0 Å². The lowest BCUT2D eigenvalue weighted by Crippen LogP contribution is -2.22. The van der Waals surface area contributed by atoms with E-state index >= 15 is 0 Å². The van der Waals surface area contributed by atoms with Gasteiger partial charge >= 0.3 is 0 Å². The number of pyridine rings is 1. The molecule has 1 N–H and O–H groups in total. The average Bonchev–Trinajstić information content (AvgIpc) is 2.36. The van der Waals surface area contributed by atoms with E-state index in [1.165, 1.54) is 16.7 Å². The van der Waals surface area contributed by atoms with E-state index in [0.29, 0.717) is 0 Å². The predicted molar refractivity (Wildman–Crippen MR) is 78.6 cm³/mol. The number of hydrogen-bond acceptors (Lipinski definition) is 2. The zero-order valence-electron chi connectivity index (χ0n) is 10.7. The highest BCUT2D eigenvalue weighted by molar-refractivity contribution is 9.10. The number of benzene rings is 1. The molecule has 2 rings (SSSR count). The lowest BCUT2D eigenvalue weighted by atomic mass is 9.98. The van der Waals surface area contributed by atoms with E-state index in [0.717, 1.165) is 11.0 Å². The van der Waals surface area contributed by atoms with Crippen LogP contribution in [0.2, 0.25) is 0 Å².